The number of anilines is 1. The molecule has 1 unspecified atom stereocenters. The first kappa shape index (κ1) is 17.7. The minimum Gasteiger partial charge on any atom is -0.457 e. The Bertz CT molecular complexity index is 1160. The fourth-order valence-corrected chi connectivity index (χ4v) is 4.59. The van der Waals surface area contributed by atoms with Crippen molar-refractivity contribution in [1.29, 1.82) is 0 Å². The SMILES string of the molecule is CC[C@]1(OC(C)=O)C(=O)OCc2c1cc1n(c2=O)CC2=Cc3ccccc3NC21. The zero-order chi connectivity index (χ0) is 20.3. The number of cyclic esters (lactones) is 1. The largest absolute Gasteiger partial charge is 0.457 e. The average Bonchev–Trinajstić information content (AvgIpc) is 3.06. The Balaban J connectivity index is 1.71. The van der Waals surface area contributed by atoms with Crippen LogP contribution in [-0.4, -0.2) is 16.5 Å². The molecule has 1 aromatic carbocycles. The highest BCUT2D eigenvalue weighted by molar-refractivity contribution is 5.86. The van der Waals surface area contributed by atoms with Crippen LogP contribution in [0.5, 0.6) is 0 Å². The maximum absolute atomic E-state index is 13.3. The molecule has 1 N–H and O–H groups in total. The molecular weight excluding hydrogens is 372 g/mol. The van der Waals surface area contributed by atoms with E-state index in [0.717, 1.165) is 22.5 Å². The highest BCUT2D eigenvalue weighted by Gasteiger charge is 2.50. The third kappa shape index (κ3) is 2.40. The zero-order valence-electron chi connectivity index (χ0n) is 16.2. The first-order valence-electron chi connectivity index (χ1n) is 9.64. The van der Waals surface area contributed by atoms with Gasteiger partial charge in [-0.3, -0.25) is 9.59 Å². The molecule has 0 amide bonds. The van der Waals surface area contributed by atoms with E-state index in [1.807, 2.05) is 30.3 Å². The third-order valence-corrected chi connectivity index (χ3v) is 5.97. The molecule has 0 aliphatic carbocycles. The number of para-hydroxylation sites is 1. The minimum absolute atomic E-state index is 0.117. The van der Waals surface area contributed by atoms with E-state index in [4.69, 9.17) is 9.47 Å². The molecule has 0 bridgehead atoms. The molecule has 0 fully saturated rings. The van der Waals surface area contributed by atoms with Crippen molar-refractivity contribution in [3.8, 4) is 0 Å². The van der Waals surface area contributed by atoms with E-state index in [2.05, 4.69) is 11.4 Å². The standard InChI is InChI=1S/C22H20N2O5/c1-3-22(29-12(2)25)16-9-18-19-14(8-13-6-4-5-7-17(13)23-19)10-24(18)20(26)15(16)11-28-21(22)27/h4-9,19,23H,3,10-11H2,1-2H3/t19?,22-/m1/s1. The van der Waals surface area contributed by atoms with Gasteiger partial charge in [0.2, 0.25) is 5.60 Å². The molecule has 7 heteroatoms. The summed E-state index contributed by atoms with van der Waals surface area (Å²) in [7, 11) is 0. The second-order valence-electron chi connectivity index (χ2n) is 7.59. The monoisotopic (exact) mass is 392 g/mol. The van der Waals surface area contributed by atoms with E-state index in [1.54, 1.807) is 11.5 Å². The summed E-state index contributed by atoms with van der Waals surface area (Å²) in [6, 6.07) is 9.61. The van der Waals surface area contributed by atoms with E-state index >= 15 is 0 Å². The maximum Gasteiger partial charge on any atom is 0.355 e. The summed E-state index contributed by atoms with van der Waals surface area (Å²) in [4.78, 5) is 37.7. The second kappa shape index (κ2) is 6.07. The lowest BCUT2D eigenvalue weighted by atomic mass is 9.85. The molecule has 0 saturated carbocycles. The summed E-state index contributed by atoms with van der Waals surface area (Å²) in [5.41, 5.74) is 2.90. The first-order valence-corrected chi connectivity index (χ1v) is 9.64. The molecule has 5 rings (SSSR count). The van der Waals surface area contributed by atoms with Crippen LogP contribution < -0.4 is 10.9 Å². The number of nitrogens with one attached hydrogen (secondary N) is 1. The Morgan fingerprint density at radius 2 is 2.14 bits per heavy atom. The van der Waals surface area contributed by atoms with Gasteiger partial charge in [-0.2, -0.15) is 0 Å². The second-order valence-corrected chi connectivity index (χ2v) is 7.59. The van der Waals surface area contributed by atoms with Crippen LogP contribution in [0.3, 0.4) is 0 Å². The number of ether oxygens (including phenoxy) is 2. The molecule has 2 atom stereocenters. The molecule has 7 nitrogen and oxygen atoms in total. The number of hydrogen-bond donors (Lipinski definition) is 1. The number of esters is 2. The number of pyridine rings is 1. The van der Waals surface area contributed by atoms with E-state index in [9.17, 15) is 14.4 Å². The van der Waals surface area contributed by atoms with Crippen molar-refractivity contribution in [2.75, 3.05) is 5.32 Å². The summed E-state index contributed by atoms with van der Waals surface area (Å²) >= 11 is 0. The van der Waals surface area contributed by atoms with E-state index < -0.39 is 17.5 Å². The van der Waals surface area contributed by atoms with Gasteiger partial charge in [0.15, 0.2) is 0 Å². The number of aromatic nitrogens is 1. The van der Waals surface area contributed by atoms with Gasteiger partial charge in [-0.25, -0.2) is 4.79 Å². The molecule has 3 aliphatic heterocycles. The van der Waals surface area contributed by atoms with Crippen LogP contribution in [0.1, 0.15) is 48.7 Å². The minimum atomic E-state index is -1.59. The van der Waals surface area contributed by atoms with Gasteiger partial charge < -0.3 is 19.4 Å². The molecule has 148 valence electrons. The predicted molar refractivity (Wildman–Crippen MR) is 105 cm³/mol. The maximum atomic E-state index is 13.3. The topological polar surface area (TPSA) is 86.6 Å². The Morgan fingerprint density at radius 3 is 2.90 bits per heavy atom. The normalized spacial score (nSPS) is 23.6. The highest BCUT2D eigenvalue weighted by Crippen LogP contribution is 2.43. The van der Waals surface area contributed by atoms with Crippen LogP contribution >= 0.6 is 0 Å². The Labute approximate surface area is 166 Å². The van der Waals surface area contributed by atoms with Crippen LogP contribution in [0.15, 0.2) is 40.7 Å². The molecule has 3 aliphatic rings. The van der Waals surface area contributed by atoms with Crippen molar-refractivity contribution in [2.45, 2.75) is 45.1 Å². The summed E-state index contributed by atoms with van der Waals surface area (Å²) in [5.74, 6) is -1.23. The van der Waals surface area contributed by atoms with Crippen molar-refractivity contribution in [3.63, 3.8) is 0 Å². The summed E-state index contributed by atoms with van der Waals surface area (Å²) < 4.78 is 12.4. The lowest BCUT2D eigenvalue weighted by Gasteiger charge is -2.35. The summed E-state index contributed by atoms with van der Waals surface area (Å²) in [6.07, 6.45) is 2.29. The number of nitrogens with zero attached hydrogens (tertiary/aromatic N) is 1. The molecule has 1 aromatic heterocycles. The van der Waals surface area contributed by atoms with E-state index in [-0.39, 0.29) is 24.6 Å². The van der Waals surface area contributed by atoms with Crippen LogP contribution in [0.4, 0.5) is 5.69 Å². The Morgan fingerprint density at radius 1 is 1.34 bits per heavy atom. The lowest BCUT2D eigenvalue weighted by molar-refractivity contribution is -0.188. The summed E-state index contributed by atoms with van der Waals surface area (Å²) in [5, 5.41) is 3.49. The first-order chi connectivity index (χ1) is 13.9. The average molecular weight is 392 g/mol. The van der Waals surface area contributed by atoms with Gasteiger partial charge in [0.05, 0.1) is 11.6 Å². The molecule has 2 aromatic rings. The molecule has 29 heavy (non-hydrogen) atoms. The molecule has 4 heterocycles. The van der Waals surface area contributed by atoms with Crippen molar-refractivity contribution < 1.29 is 19.1 Å². The van der Waals surface area contributed by atoms with E-state index in [0.29, 0.717) is 17.7 Å². The lowest BCUT2D eigenvalue weighted by Crippen LogP contribution is -2.47. The van der Waals surface area contributed by atoms with Gasteiger partial charge in [0, 0.05) is 30.4 Å². The van der Waals surface area contributed by atoms with Gasteiger partial charge in [0.25, 0.3) is 5.56 Å². The predicted octanol–water partition coefficient (Wildman–Crippen LogP) is 2.64. The molecular formula is C22H20N2O5. The van der Waals surface area contributed by atoms with Crippen LogP contribution in [-0.2, 0) is 37.8 Å². The Hall–Kier alpha value is -3.35. The number of hydrogen-bond acceptors (Lipinski definition) is 6. The zero-order valence-corrected chi connectivity index (χ0v) is 16.2. The van der Waals surface area contributed by atoms with Crippen LogP contribution in [0.2, 0.25) is 0 Å². The molecule has 0 spiro atoms. The van der Waals surface area contributed by atoms with Gasteiger partial charge in [0.1, 0.15) is 6.61 Å². The van der Waals surface area contributed by atoms with Gasteiger partial charge in [-0.15, -0.1) is 0 Å². The van der Waals surface area contributed by atoms with Gasteiger partial charge >= 0.3 is 11.9 Å². The number of benzene rings is 1. The van der Waals surface area contributed by atoms with Gasteiger partial charge in [-0.1, -0.05) is 25.1 Å². The fourth-order valence-electron chi connectivity index (χ4n) is 4.59. The highest BCUT2D eigenvalue weighted by atomic mass is 16.6. The quantitative estimate of drug-likeness (QED) is 0.791. The van der Waals surface area contributed by atoms with Crippen molar-refractivity contribution in [2.24, 2.45) is 0 Å². The van der Waals surface area contributed by atoms with Crippen molar-refractivity contribution in [1.82, 2.24) is 4.57 Å². The number of carbonyl (C=O) groups excluding carboxylic acids is 2. The Kier molecular flexibility index (Phi) is 3.71. The van der Waals surface area contributed by atoms with Gasteiger partial charge in [-0.05, 0) is 35.8 Å². The van der Waals surface area contributed by atoms with Crippen molar-refractivity contribution in [3.05, 3.63) is 68.6 Å². The number of carbonyl (C=O) groups is 2. The fraction of sp³-hybridized carbons (Fsp3) is 0.318. The molecule has 0 saturated heterocycles. The summed E-state index contributed by atoms with van der Waals surface area (Å²) in [6.45, 7) is 3.34. The number of fused-ring (bicyclic) bond motifs is 5. The third-order valence-electron chi connectivity index (χ3n) is 5.97. The van der Waals surface area contributed by atoms with Crippen LogP contribution in [0.25, 0.3) is 6.08 Å². The van der Waals surface area contributed by atoms with Crippen molar-refractivity contribution >= 4 is 23.7 Å². The van der Waals surface area contributed by atoms with Crippen LogP contribution in [0, 0.1) is 0 Å². The van der Waals surface area contributed by atoms with E-state index in [1.165, 1.54) is 6.92 Å². The number of rotatable bonds is 2. The smallest absolute Gasteiger partial charge is 0.355 e. The molecule has 0 radical (unpaired) electrons.